The first-order valence-electron chi connectivity index (χ1n) is 5.96. The van der Waals surface area contributed by atoms with Gasteiger partial charge in [0.2, 0.25) is 0 Å². The number of hydrogen-bond donors (Lipinski definition) is 1. The molecule has 1 fully saturated rings. The summed E-state index contributed by atoms with van der Waals surface area (Å²) in [6.07, 6.45) is 5.39. The maximum absolute atomic E-state index is 5.95. The van der Waals surface area contributed by atoms with Crippen molar-refractivity contribution in [2.75, 3.05) is 20.6 Å². The number of nitrogens with two attached hydrogens (primary N) is 1. The number of nitrogens with zero attached hydrogens (tertiary/aromatic N) is 2. The van der Waals surface area contributed by atoms with Gasteiger partial charge in [-0.1, -0.05) is 6.07 Å². The van der Waals surface area contributed by atoms with Gasteiger partial charge < -0.3 is 10.6 Å². The van der Waals surface area contributed by atoms with Crippen LogP contribution >= 0.6 is 0 Å². The molecule has 0 aliphatic heterocycles. The summed E-state index contributed by atoms with van der Waals surface area (Å²) in [5.41, 5.74) is 7.35. The van der Waals surface area contributed by atoms with Gasteiger partial charge in [0.05, 0.1) is 0 Å². The summed E-state index contributed by atoms with van der Waals surface area (Å²) in [5.74, 6) is 0.576. The predicted molar refractivity (Wildman–Crippen MR) is 66.3 cm³/mol. The highest BCUT2D eigenvalue weighted by Gasteiger charge is 2.40. The minimum absolute atomic E-state index is 0.183. The van der Waals surface area contributed by atoms with Gasteiger partial charge in [0, 0.05) is 29.9 Å². The minimum atomic E-state index is 0.183. The van der Waals surface area contributed by atoms with E-state index in [1.807, 2.05) is 12.3 Å². The van der Waals surface area contributed by atoms with Gasteiger partial charge in [0.1, 0.15) is 0 Å². The summed E-state index contributed by atoms with van der Waals surface area (Å²) in [6.45, 7) is 0.739. The fourth-order valence-corrected chi connectivity index (χ4v) is 2.75. The molecule has 88 valence electrons. The lowest BCUT2D eigenvalue weighted by Crippen LogP contribution is -2.48. The van der Waals surface area contributed by atoms with Crippen LogP contribution in [0.4, 0.5) is 0 Å². The van der Waals surface area contributed by atoms with Crippen molar-refractivity contribution in [3.8, 4) is 0 Å². The number of likely N-dealkylation sites (N-methyl/N-ethyl adjacent to an activating group) is 1. The second-order valence-electron chi connectivity index (χ2n) is 5.02. The zero-order valence-electron chi connectivity index (χ0n) is 10.2. The van der Waals surface area contributed by atoms with E-state index in [2.05, 4.69) is 36.1 Å². The Balaban J connectivity index is 2.14. The van der Waals surface area contributed by atoms with Crippen LogP contribution in [0.25, 0.3) is 0 Å². The van der Waals surface area contributed by atoms with Crippen LogP contribution in [0.3, 0.4) is 0 Å². The molecule has 0 bridgehead atoms. The van der Waals surface area contributed by atoms with Crippen LogP contribution in [0.5, 0.6) is 0 Å². The Kier molecular flexibility index (Phi) is 3.26. The van der Waals surface area contributed by atoms with Crippen LogP contribution in [0.1, 0.15) is 30.9 Å². The average molecular weight is 219 g/mol. The second kappa shape index (κ2) is 4.52. The lowest BCUT2D eigenvalue weighted by atomic mass is 9.93. The molecule has 0 saturated heterocycles. The highest BCUT2D eigenvalue weighted by Crippen LogP contribution is 2.42. The van der Waals surface area contributed by atoms with Gasteiger partial charge in [-0.3, -0.25) is 4.98 Å². The molecule has 16 heavy (non-hydrogen) atoms. The van der Waals surface area contributed by atoms with E-state index in [4.69, 9.17) is 5.73 Å². The summed E-state index contributed by atoms with van der Waals surface area (Å²) in [4.78, 5) is 6.75. The third kappa shape index (κ3) is 1.97. The van der Waals surface area contributed by atoms with Gasteiger partial charge in [-0.25, -0.2) is 0 Å². The van der Waals surface area contributed by atoms with E-state index >= 15 is 0 Å². The molecule has 3 heteroatoms. The fourth-order valence-electron chi connectivity index (χ4n) is 2.75. The molecule has 1 aromatic rings. The van der Waals surface area contributed by atoms with E-state index < -0.39 is 0 Å². The van der Waals surface area contributed by atoms with Crippen molar-refractivity contribution < 1.29 is 0 Å². The van der Waals surface area contributed by atoms with Crippen molar-refractivity contribution in [1.82, 2.24) is 9.88 Å². The quantitative estimate of drug-likeness (QED) is 0.839. The summed E-state index contributed by atoms with van der Waals surface area (Å²) < 4.78 is 0. The Morgan fingerprint density at radius 1 is 1.50 bits per heavy atom. The Labute approximate surface area is 97.7 Å². The fraction of sp³-hybridized carbons (Fsp3) is 0.615. The predicted octanol–water partition coefficient (Wildman–Crippen LogP) is 1.61. The molecule has 0 radical (unpaired) electrons. The SMILES string of the molecule is CN(C)C1(CN)CCC(c2ccccn2)C1. The van der Waals surface area contributed by atoms with E-state index in [-0.39, 0.29) is 5.54 Å². The molecule has 0 aromatic carbocycles. The van der Waals surface area contributed by atoms with Gasteiger partial charge in [-0.15, -0.1) is 0 Å². The van der Waals surface area contributed by atoms with Gasteiger partial charge in [-0.2, -0.15) is 0 Å². The van der Waals surface area contributed by atoms with Crippen LogP contribution in [0, 0.1) is 0 Å². The van der Waals surface area contributed by atoms with Crippen LogP contribution in [-0.4, -0.2) is 36.1 Å². The van der Waals surface area contributed by atoms with Crippen molar-refractivity contribution in [2.45, 2.75) is 30.7 Å². The number of rotatable bonds is 3. The van der Waals surface area contributed by atoms with Crippen molar-refractivity contribution in [3.05, 3.63) is 30.1 Å². The molecule has 1 heterocycles. The smallest absolute Gasteiger partial charge is 0.0435 e. The largest absolute Gasteiger partial charge is 0.329 e. The summed E-state index contributed by atoms with van der Waals surface area (Å²) in [6, 6.07) is 6.17. The molecule has 0 amide bonds. The third-order valence-corrected chi connectivity index (χ3v) is 4.02. The molecule has 1 aliphatic rings. The number of hydrogen-bond acceptors (Lipinski definition) is 3. The van der Waals surface area contributed by atoms with Crippen molar-refractivity contribution >= 4 is 0 Å². The van der Waals surface area contributed by atoms with Crippen LogP contribution in [-0.2, 0) is 0 Å². The van der Waals surface area contributed by atoms with Crippen molar-refractivity contribution in [1.29, 1.82) is 0 Å². The Morgan fingerprint density at radius 3 is 2.81 bits per heavy atom. The van der Waals surface area contributed by atoms with Crippen molar-refractivity contribution in [3.63, 3.8) is 0 Å². The van der Waals surface area contributed by atoms with Crippen molar-refractivity contribution in [2.24, 2.45) is 5.73 Å². The number of aromatic nitrogens is 1. The van der Waals surface area contributed by atoms with Crippen LogP contribution in [0.15, 0.2) is 24.4 Å². The number of pyridine rings is 1. The van der Waals surface area contributed by atoms with E-state index in [0.717, 1.165) is 13.0 Å². The zero-order chi connectivity index (χ0) is 11.6. The molecule has 0 spiro atoms. The van der Waals surface area contributed by atoms with Gasteiger partial charge in [0.15, 0.2) is 0 Å². The van der Waals surface area contributed by atoms with E-state index in [9.17, 15) is 0 Å². The lowest BCUT2D eigenvalue weighted by Gasteiger charge is -2.35. The lowest BCUT2D eigenvalue weighted by molar-refractivity contribution is 0.164. The maximum Gasteiger partial charge on any atom is 0.0435 e. The average Bonchev–Trinajstić information content (AvgIpc) is 2.76. The Hall–Kier alpha value is -0.930. The van der Waals surface area contributed by atoms with Crippen LogP contribution < -0.4 is 5.73 Å². The molecule has 3 nitrogen and oxygen atoms in total. The summed E-state index contributed by atoms with van der Waals surface area (Å²) in [5, 5.41) is 0. The molecular formula is C13H21N3. The second-order valence-corrected chi connectivity index (χ2v) is 5.02. The standard InChI is InChI=1S/C13H21N3/c1-16(2)13(10-14)7-6-11(9-13)12-5-3-4-8-15-12/h3-5,8,11H,6-7,9-10,14H2,1-2H3. The molecule has 2 unspecified atom stereocenters. The highest BCUT2D eigenvalue weighted by atomic mass is 15.2. The topological polar surface area (TPSA) is 42.1 Å². The molecule has 2 atom stereocenters. The van der Waals surface area contributed by atoms with Gasteiger partial charge >= 0.3 is 0 Å². The van der Waals surface area contributed by atoms with E-state index in [1.165, 1.54) is 18.5 Å². The molecule has 1 aromatic heterocycles. The maximum atomic E-state index is 5.95. The normalized spacial score (nSPS) is 29.9. The Morgan fingerprint density at radius 2 is 2.31 bits per heavy atom. The van der Waals surface area contributed by atoms with Gasteiger partial charge in [0.25, 0.3) is 0 Å². The molecule has 2 rings (SSSR count). The first-order valence-corrected chi connectivity index (χ1v) is 5.96. The van der Waals surface area contributed by atoms with E-state index in [0.29, 0.717) is 5.92 Å². The van der Waals surface area contributed by atoms with Crippen LogP contribution in [0.2, 0.25) is 0 Å². The summed E-state index contributed by atoms with van der Waals surface area (Å²) >= 11 is 0. The van der Waals surface area contributed by atoms with Gasteiger partial charge in [-0.05, 0) is 45.5 Å². The summed E-state index contributed by atoms with van der Waals surface area (Å²) in [7, 11) is 4.27. The highest BCUT2D eigenvalue weighted by molar-refractivity contribution is 5.15. The zero-order valence-corrected chi connectivity index (χ0v) is 10.2. The monoisotopic (exact) mass is 219 g/mol. The minimum Gasteiger partial charge on any atom is -0.329 e. The molecular weight excluding hydrogens is 198 g/mol. The van der Waals surface area contributed by atoms with E-state index in [1.54, 1.807) is 0 Å². The first kappa shape index (κ1) is 11.6. The molecule has 1 saturated carbocycles. The molecule has 1 aliphatic carbocycles. The first-order chi connectivity index (χ1) is 7.68. The Bertz CT molecular complexity index is 336. The molecule has 2 N–H and O–H groups in total. The third-order valence-electron chi connectivity index (χ3n) is 4.02.